The first-order chi connectivity index (χ1) is 19.4. The molecule has 1 spiro atoms. The molecule has 4 aromatic heterocycles. The van der Waals surface area contributed by atoms with Gasteiger partial charge in [0.25, 0.3) is 0 Å². The highest BCUT2D eigenvalue weighted by molar-refractivity contribution is 14.1. The number of piperidine rings is 1. The zero-order valence-electron chi connectivity index (χ0n) is 23.5. The van der Waals surface area contributed by atoms with Crippen LogP contribution in [0.25, 0.3) is 5.65 Å². The van der Waals surface area contributed by atoms with E-state index in [2.05, 4.69) is 43.8 Å². The van der Waals surface area contributed by atoms with E-state index in [1.807, 2.05) is 52.8 Å². The Bertz CT molecular complexity index is 1580. The summed E-state index contributed by atoms with van der Waals surface area (Å²) in [7, 11) is 25.5. The van der Waals surface area contributed by atoms with E-state index in [1.54, 1.807) is 12.4 Å². The van der Waals surface area contributed by atoms with Crippen LogP contribution in [0.15, 0.2) is 52.8 Å². The molecule has 0 amide bonds. The van der Waals surface area contributed by atoms with E-state index >= 15 is 0 Å². The van der Waals surface area contributed by atoms with E-state index < -0.39 is 10.6 Å². The Balaban J connectivity index is 1.35. The topological polar surface area (TPSA) is 62.5 Å². The molecule has 7 nitrogen and oxygen atoms in total. The van der Waals surface area contributed by atoms with Crippen molar-refractivity contribution >= 4 is 83.4 Å². The smallest absolute Gasteiger partial charge is 0.211 e. The van der Waals surface area contributed by atoms with Crippen molar-refractivity contribution in [3.63, 3.8) is 0 Å². The van der Waals surface area contributed by atoms with Crippen LogP contribution in [0.1, 0.15) is 49.2 Å². The number of hydrogen-bond donors (Lipinski definition) is 0. The molecule has 0 saturated carbocycles. The second kappa shape index (κ2) is 10.5. The Morgan fingerprint density at radius 2 is 1.76 bits per heavy atom. The summed E-state index contributed by atoms with van der Waals surface area (Å²) in [6.45, 7) is 7.62. The van der Waals surface area contributed by atoms with E-state index in [0.29, 0.717) is 16.2 Å². The summed E-state index contributed by atoms with van der Waals surface area (Å²) in [6.07, 6.45) is 11.6. The molecule has 0 bridgehead atoms. The number of fused-ring (bicyclic) bond motifs is 2. The fourth-order valence-electron chi connectivity index (χ4n) is 5.90. The fraction of sp³-hybridized carbons (Fsp3) is 0.429. The van der Waals surface area contributed by atoms with Gasteiger partial charge in [-0.3, -0.25) is 9.38 Å². The highest BCUT2D eigenvalue weighted by Crippen LogP contribution is 2.45. The number of hydrogen-bond acceptors (Lipinski definition) is 7. The minimum Gasteiger partial charge on any atom is -0.342 e. The lowest BCUT2D eigenvalue weighted by molar-refractivity contribution is 0.230. The van der Waals surface area contributed by atoms with Gasteiger partial charge in [-0.15, -0.1) is 0 Å². The second-order valence-corrected chi connectivity index (χ2v) is 13.9. The molecule has 0 unspecified atom stereocenters. The van der Waals surface area contributed by atoms with Crippen molar-refractivity contribution < 1.29 is 0 Å². The third-order valence-electron chi connectivity index (χ3n) is 8.13. The summed E-state index contributed by atoms with van der Waals surface area (Å²) < 4.78 is 3.95. The summed E-state index contributed by atoms with van der Waals surface area (Å²) in [5, 5.41) is -1.67. The van der Waals surface area contributed by atoms with Crippen molar-refractivity contribution in [3.8, 4) is 0 Å². The first-order valence-electron chi connectivity index (χ1n) is 13.7. The fourth-order valence-corrected chi connectivity index (χ4v) is 7.54. The molecular weight excluding hydrogens is 637 g/mol. The number of aromatic nitrogens is 5. The van der Waals surface area contributed by atoms with Crippen LogP contribution in [0, 0.1) is 12.3 Å². The molecule has 1 saturated heterocycles. The highest BCUT2D eigenvalue weighted by atomic mass is 127. The zero-order valence-corrected chi connectivity index (χ0v) is 26.5. The van der Waals surface area contributed by atoms with Gasteiger partial charge in [0.15, 0.2) is 5.65 Å². The number of anilines is 2. The lowest BCUT2D eigenvalue weighted by atomic mass is 9.41. The average molecular weight is 665 g/mol. The minimum absolute atomic E-state index is 0.250. The molecule has 2 aliphatic rings. The maximum atomic E-state index is 6.36. The number of halogens is 1. The zero-order chi connectivity index (χ0) is 29.2. The van der Waals surface area contributed by atoms with Gasteiger partial charge in [0.05, 0.1) is 51.3 Å². The predicted octanol–water partition coefficient (Wildman–Crippen LogP) is 4.04. The van der Waals surface area contributed by atoms with Gasteiger partial charge >= 0.3 is 0 Å². The summed E-state index contributed by atoms with van der Waals surface area (Å²) >= 11 is 3.69. The third kappa shape index (κ3) is 5.41. The quantitative estimate of drug-likeness (QED) is 0.175. The van der Waals surface area contributed by atoms with Crippen LogP contribution in [0.5, 0.6) is 0 Å². The number of imidazole rings is 1. The van der Waals surface area contributed by atoms with Crippen LogP contribution in [0.2, 0.25) is 0 Å². The van der Waals surface area contributed by atoms with Gasteiger partial charge in [0, 0.05) is 65.2 Å². The lowest BCUT2D eigenvalue weighted by Crippen LogP contribution is -2.42. The van der Waals surface area contributed by atoms with Gasteiger partial charge in [0.1, 0.15) is 13.7 Å². The minimum atomic E-state index is -1.67. The van der Waals surface area contributed by atoms with Crippen LogP contribution in [-0.4, -0.2) is 74.2 Å². The first kappa shape index (κ1) is 29.0. The van der Waals surface area contributed by atoms with Crippen molar-refractivity contribution in [1.82, 2.24) is 24.3 Å². The number of nitrogens with zero attached hydrogens (tertiary/aromatic N) is 7. The Morgan fingerprint density at radius 3 is 2.44 bits per heavy atom. The van der Waals surface area contributed by atoms with Crippen LogP contribution >= 0.6 is 34.6 Å². The molecule has 0 N–H and O–H groups in total. The maximum absolute atomic E-state index is 6.36. The van der Waals surface area contributed by atoms with Gasteiger partial charge < -0.3 is 8.01 Å². The normalized spacial score (nSPS) is 16.8. The molecule has 0 aromatic carbocycles. The molecule has 8 radical (unpaired) electrons. The number of pyridine rings is 2. The van der Waals surface area contributed by atoms with Crippen molar-refractivity contribution in [1.29, 1.82) is 0 Å². The molecule has 13 heteroatoms. The summed E-state index contributed by atoms with van der Waals surface area (Å²) in [4.78, 5) is 23.0. The largest absolute Gasteiger partial charge is 0.342 e. The van der Waals surface area contributed by atoms with Crippen molar-refractivity contribution in [3.05, 3.63) is 65.5 Å². The summed E-state index contributed by atoms with van der Waals surface area (Å²) in [6, 6.07) is 6.21. The van der Waals surface area contributed by atoms with Crippen LogP contribution in [0.3, 0.4) is 0 Å². The van der Waals surface area contributed by atoms with Crippen molar-refractivity contribution in [2.45, 2.75) is 66.8 Å². The van der Waals surface area contributed by atoms with Gasteiger partial charge in [-0.25, -0.2) is 15.0 Å². The monoisotopic (exact) mass is 665 g/mol. The Hall–Kier alpha value is -2.14. The molecule has 0 atom stereocenters. The van der Waals surface area contributed by atoms with E-state index in [-0.39, 0.29) is 5.41 Å². The Kier molecular flexibility index (Phi) is 7.44. The third-order valence-corrected chi connectivity index (χ3v) is 11.1. The molecule has 1 aliphatic carbocycles. The summed E-state index contributed by atoms with van der Waals surface area (Å²) in [5.74, 6) is 1.53. The van der Waals surface area contributed by atoms with Crippen molar-refractivity contribution in [2.75, 3.05) is 21.1 Å². The first-order valence-corrected chi connectivity index (χ1v) is 15.4. The van der Waals surface area contributed by atoms with Crippen LogP contribution in [0.4, 0.5) is 11.8 Å². The van der Waals surface area contributed by atoms with Crippen LogP contribution < -0.4 is 8.01 Å². The predicted molar refractivity (Wildman–Crippen MR) is 177 cm³/mol. The van der Waals surface area contributed by atoms with Gasteiger partial charge in [-0.05, 0) is 69.6 Å². The maximum Gasteiger partial charge on any atom is 0.211 e. The molecule has 6 rings (SSSR count). The Labute approximate surface area is 265 Å². The molecule has 41 heavy (non-hydrogen) atoms. The SMILES string of the molecule is [B]C([B])([B])c1nc(N2CCC3(CC2)Cc2cccnc2C3)n2ccnc2c1Sc1ccnc(N(I)C([B])(C)C)c1C. The average Bonchev–Trinajstić information content (AvgIpc) is 3.54. The van der Waals surface area contributed by atoms with E-state index in [4.69, 9.17) is 41.4 Å². The van der Waals surface area contributed by atoms with Gasteiger partial charge in [-0.2, -0.15) is 0 Å². The van der Waals surface area contributed by atoms with Crippen molar-refractivity contribution in [2.24, 2.45) is 5.41 Å². The molecule has 200 valence electrons. The van der Waals surface area contributed by atoms with E-state index in [9.17, 15) is 0 Å². The van der Waals surface area contributed by atoms with E-state index in [0.717, 1.165) is 61.0 Å². The van der Waals surface area contributed by atoms with Crippen LogP contribution in [-0.2, 0) is 18.0 Å². The highest BCUT2D eigenvalue weighted by Gasteiger charge is 2.41. The second-order valence-electron chi connectivity index (χ2n) is 11.9. The van der Waals surface area contributed by atoms with Gasteiger partial charge in [0.2, 0.25) is 5.95 Å². The van der Waals surface area contributed by atoms with E-state index in [1.165, 1.54) is 23.0 Å². The van der Waals surface area contributed by atoms with Gasteiger partial charge in [-0.1, -0.05) is 22.9 Å². The lowest BCUT2D eigenvalue weighted by Gasteiger charge is -2.40. The molecule has 1 fully saturated rings. The molecule has 1 aliphatic heterocycles. The summed E-state index contributed by atoms with van der Waals surface area (Å²) in [5.41, 5.74) is 4.36. The number of rotatable bonds is 6. The Morgan fingerprint density at radius 1 is 1.00 bits per heavy atom. The molecule has 5 heterocycles. The molecular formula is C28H28B4IN7S. The standard InChI is InChI=1S/C28H28B4IN7S/c1-17-20(6-10-35-23(17)40(33)26(2,3)29)41-21-22(28(30,31)32)37-25(39-14-11-36-24(21)39)38-12-7-27(8-13-38)15-18-5-4-9-34-19(18)16-27/h4-6,9-11,14H,7-8,12-13,15-16H2,1-3H3. The molecule has 4 aromatic rings.